The van der Waals surface area contributed by atoms with E-state index in [0.29, 0.717) is 0 Å². The molecule has 0 amide bonds. The molecule has 0 unspecified atom stereocenters. The molecule has 220 valence electrons. The van der Waals surface area contributed by atoms with E-state index in [1.807, 2.05) is 0 Å². The van der Waals surface area contributed by atoms with Crippen LogP contribution in [-0.4, -0.2) is 4.70 Å². The van der Waals surface area contributed by atoms with Gasteiger partial charge in [0.2, 0.25) is 11.4 Å². The number of hydrogen-bond acceptors (Lipinski definition) is 0. The van der Waals surface area contributed by atoms with Crippen molar-refractivity contribution in [2.24, 2.45) is 0 Å². The Labute approximate surface area is 260 Å². The molecule has 2 nitrogen and oxygen atoms in total. The second kappa shape index (κ2) is 18.7. The Morgan fingerprint density at radius 2 is 0.950 bits per heavy atom. The van der Waals surface area contributed by atoms with Gasteiger partial charge in [0.25, 0.3) is 0 Å². The van der Waals surface area contributed by atoms with Crippen molar-refractivity contribution in [2.45, 2.75) is 100 Å². The fourth-order valence-corrected chi connectivity index (χ4v) is 5.04. The molecular formula is C37H52N2Pd. The van der Waals surface area contributed by atoms with Crippen molar-refractivity contribution in [3.8, 4) is 0 Å². The first-order valence-electron chi connectivity index (χ1n) is 14.5. The van der Waals surface area contributed by atoms with Gasteiger partial charge in [-0.25, -0.2) is 43.9 Å². The first-order chi connectivity index (χ1) is 18.5. The van der Waals surface area contributed by atoms with Crippen LogP contribution in [0.15, 0.2) is 60.7 Å². The van der Waals surface area contributed by atoms with Crippen LogP contribution in [-0.2, 0) is 20.4 Å². The molecule has 1 aliphatic rings. The summed E-state index contributed by atoms with van der Waals surface area (Å²) in [6.45, 7) is 30.6. The fraction of sp³-hybridized carbons (Fsp3) is 0.405. The summed E-state index contributed by atoms with van der Waals surface area (Å²) in [5.74, 6) is 0. The molecule has 40 heavy (non-hydrogen) atoms. The van der Waals surface area contributed by atoms with Crippen molar-refractivity contribution in [3.63, 3.8) is 0 Å². The second-order valence-corrected chi connectivity index (χ2v) is 10.6. The largest absolute Gasteiger partial charge is 2.00 e. The van der Waals surface area contributed by atoms with Crippen LogP contribution in [0.25, 0.3) is 16.9 Å². The molecule has 0 fully saturated rings. The number of hydrogen-bond donors (Lipinski definition) is 0. The van der Waals surface area contributed by atoms with Gasteiger partial charge in [0.15, 0.2) is 0 Å². The maximum absolute atomic E-state index is 11.8. The zero-order valence-electron chi connectivity index (χ0n) is 26.5. The summed E-state index contributed by atoms with van der Waals surface area (Å²) in [6, 6.07) is 9.02. The molecule has 2 aromatic carbocycles. The van der Waals surface area contributed by atoms with Crippen molar-refractivity contribution in [3.05, 3.63) is 125 Å². The van der Waals surface area contributed by atoms with E-state index >= 15 is 0 Å². The van der Waals surface area contributed by atoms with Crippen molar-refractivity contribution in [2.75, 3.05) is 0 Å². The van der Waals surface area contributed by atoms with Crippen LogP contribution in [0.2, 0.25) is 0 Å². The predicted octanol–water partition coefficient (Wildman–Crippen LogP) is 11.5. The number of rotatable bonds is 9. The molecule has 0 radical (unpaired) electrons. The summed E-state index contributed by atoms with van der Waals surface area (Å²) in [5.41, 5.74) is 26.5. The maximum atomic E-state index is 11.8. The van der Waals surface area contributed by atoms with Crippen LogP contribution >= 0.6 is 0 Å². The van der Waals surface area contributed by atoms with E-state index in [-0.39, 0.29) is 20.4 Å². The van der Waals surface area contributed by atoms with Crippen LogP contribution in [0, 0.1) is 55.4 Å². The molecule has 0 saturated heterocycles. The fourth-order valence-electron chi connectivity index (χ4n) is 5.04. The number of allylic oxidation sites excluding steroid dienone is 4. The van der Waals surface area contributed by atoms with Crippen LogP contribution in [0.5, 0.6) is 0 Å². The van der Waals surface area contributed by atoms with E-state index in [1.165, 1.54) is 74.2 Å². The van der Waals surface area contributed by atoms with Gasteiger partial charge in [-0.2, -0.15) is 0 Å². The standard InChI is InChI=1S/C31H42N2.2C3H5.Pd/c1-9-11-13-15-29-28(14-12-10-2)30(26-16-20(3)24(7)21(4)17-26)33(32)31(29)27-18-22(5)25(8)23(6)19-27;2*1-3-2;/h16-19H,9-15H2,1-8H3;2*3H,1-2H2;/q;2*-1;+2. The first-order valence-corrected chi connectivity index (χ1v) is 14.5. The molecule has 0 atom stereocenters. The van der Waals surface area contributed by atoms with Crippen molar-refractivity contribution >= 4 is 11.4 Å². The molecule has 2 aromatic rings. The molecule has 0 spiro atoms. The summed E-state index contributed by atoms with van der Waals surface area (Å²) in [5, 5.41) is 0. The predicted molar refractivity (Wildman–Crippen MR) is 174 cm³/mol. The third kappa shape index (κ3) is 9.50. The van der Waals surface area contributed by atoms with Gasteiger partial charge in [0.05, 0.1) is 0 Å². The molecular weight excluding hydrogens is 579 g/mol. The van der Waals surface area contributed by atoms with Gasteiger partial charge >= 0.3 is 20.4 Å². The number of unbranched alkanes of at least 4 members (excludes halogenated alkanes) is 3. The van der Waals surface area contributed by atoms with E-state index in [9.17, 15) is 5.53 Å². The second-order valence-electron chi connectivity index (χ2n) is 10.6. The minimum Gasteiger partial charge on any atom is -0.493 e. The van der Waals surface area contributed by atoms with Gasteiger partial charge in [-0.05, 0) is 125 Å². The van der Waals surface area contributed by atoms with E-state index in [4.69, 9.17) is 0 Å². The van der Waals surface area contributed by atoms with Crippen LogP contribution in [0.3, 0.4) is 0 Å². The summed E-state index contributed by atoms with van der Waals surface area (Å²) in [6.07, 6.45) is 10.9. The van der Waals surface area contributed by atoms with Crippen LogP contribution < -0.4 is 0 Å². The number of nitrogens with zero attached hydrogens (tertiary/aromatic N) is 2. The molecule has 0 aromatic heterocycles. The Kier molecular flexibility index (Phi) is 17.5. The molecule has 3 heteroatoms. The molecule has 0 N–H and O–H groups in total. The zero-order valence-corrected chi connectivity index (χ0v) is 28.0. The van der Waals surface area contributed by atoms with E-state index in [2.05, 4.69) is 107 Å². The van der Waals surface area contributed by atoms with Gasteiger partial charge in [-0.1, -0.05) is 33.1 Å². The van der Waals surface area contributed by atoms with Gasteiger partial charge in [0, 0.05) is 22.3 Å². The average molecular weight is 631 g/mol. The summed E-state index contributed by atoms with van der Waals surface area (Å²) in [4.78, 5) is 0. The van der Waals surface area contributed by atoms with Crippen LogP contribution in [0.4, 0.5) is 0 Å². The van der Waals surface area contributed by atoms with Gasteiger partial charge in [-0.3, -0.25) is 0 Å². The minimum absolute atomic E-state index is 0. The minimum atomic E-state index is 0. The molecule has 1 aliphatic heterocycles. The van der Waals surface area contributed by atoms with Gasteiger partial charge < -0.3 is 5.53 Å². The third-order valence-electron chi connectivity index (χ3n) is 7.57. The molecule has 0 saturated carbocycles. The monoisotopic (exact) mass is 630 g/mol. The number of aryl methyl sites for hydroxylation is 4. The third-order valence-corrected chi connectivity index (χ3v) is 7.57. The van der Waals surface area contributed by atoms with Crippen molar-refractivity contribution in [1.82, 2.24) is 0 Å². The molecule has 3 rings (SSSR count). The first kappa shape index (κ1) is 37.4. The van der Waals surface area contributed by atoms with E-state index in [0.717, 1.165) is 54.6 Å². The normalized spacial score (nSPS) is 12.2. The van der Waals surface area contributed by atoms with E-state index < -0.39 is 0 Å². The average Bonchev–Trinajstić information content (AvgIpc) is 3.15. The van der Waals surface area contributed by atoms with Crippen molar-refractivity contribution in [1.29, 1.82) is 0 Å². The Morgan fingerprint density at radius 1 is 0.650 bits per heavy atom. The van der Waals surface area contributed by atoms with Crippen LogP contribution in [0.1, 0.15) is 103 Å². The summed E-state index contributed by atoms with van der Waals surface area (Å²) >= 11 is 0. The van der Waals surface area contributed by atoms with E-state index in [1.54, 1.807) is 0 Å². The maximum Gasteiger partial charge on any atom is 2.00 e. The van der Waals surface area contributed by atoms with Crippen molar-refractivity contribution < 1.29 is 25.1 Å². The Balaban J connectivity index is 0.00000199. The Bertz CT molecular complexity index is 1170. The van der Waals surface area contributed by atoms with Gasteiger partial charge in [0.1, 0.15) is 0 Å². The van der Waals surface area contributed by atoms with Gasteiger partial charge in [-0.15, -0.1) is 0 Å². The summed E-state index contributed by atoms with van der Waals surface area (Å²) < 4.78 is 1.53. The Morgan fingerprint density at radius 3 is 1.25 bits per heavy atom. The summed E-state index contributed by atoms with van der Waals surface area (Å²) in [7, 11) is 0. The molecule has 0 aliphatic carbocycles. The quantitative estimate of drug-likeness (QED) is 0.114. The SMILES string of the molecule is C=C[CH2-].C=C[CH2-].CCCCCC1=C(c2cc(C)c(C)c(C)c2)[N+](=[N-])C(c2cc(C)c(C)c(C)c2)=C1CCCC.[Pd+2]. The zero-order chi connectivity index (χ0) is 29.7. The Hall–Kier alpha value is -2.60. The molecule has 0 bridgehead atoms. The molecule has 1 heterocycles. The topological polar surface area (TPSA) is 25.3 Å². The number of benzene rings is 2. The smallest absolute Gasteiger partial charge is 0.493 e.